The number of nitrogens with zero attached hydrogens (tertiary/aromatic N) is 1. The topological polar surface area (TPSA) is 67.9 Å². The number of methoxy groups -OCH3 is 1. The van der Waals surface area contributed by atoms with Crippen LogP contribution in [0.1, 0.15) is 43.0 Å². The van der Waals surface area contributed by atoms with E-state index in [0.29, 0.717) is 31.0 Å². The van der Waals surface area contributed by atoms with Crippen molar-refractivity contribution in [3.63, 3.8) is 0 Å². The molecule has 2 rings (SSSR count). The zero-order chi connectivity index (χ0) is 16.7. The number of nitrogens with one attached hydrogen (secondary N) is 1. The van der Waals surface area contributed by atoms with Crippen LogP contribution in [0.3, 0.4) is 0 Å². The van der Waals surface area contributed by atoms with E-state index < -0.39 is 5.97 Å². The summed E-state index contributed by atoms with van der Waals surface area (Å²) in [6, 6.07) is 5.01. The maximum absolute atomic E-state index is 12.0. The number of unbranched alkanes of at least 4 members (excludes halogenated alkanes) is 2. The highest BCUT2D eigenvalue weighted by Crippen LogP contribution is 2.28. The maximum atomic E-state index is 12.0. The van der Waals surface area contributed by atoms with Crippen molar-refractivity contribution in [3.05, 3.63) is 23.8 Å². The lowest BCUT2D eigenvalue weighted by Gasteiger charge is -2.28. The number of ether oxygens (including phenoxy) is 2. The highest BCUT2D eigenvalue weighted by molar-refractivity contribution is 5.96. The van der Waals surface area contributed by atoms with Gasteiger partial charge in [0.05, 0.1) is 13.7 Å². The Morgan fingerprint density at radius 3 is 2.87 bits per heavy atom. The molecular formula is C17H24N2O4. The lowest BCUT2D eigenvalue weighted by Crippen LogP contribution is -2.46. The summed E-state index contributed by atoms with van der Waals surface area (Å²) in [7, 11) is 1.34. The van der Waals surface area contributed by atoms with Gasteiger partial charge in [-0.05, 0) is 25.0 Å². The van der Waals surface area contributed by atoms with Gasteiger partial charge < -0.3 is 14.8 Å². The van der Waals surface area contributed by atoms with Crippen LogP contribution in [0.5, 0.6) is 5.75 Å². The first-order chi connectivity index (χ1) is 11.2. The number of benzene rings is 1. The fourth-order valence-electron chi connectivity index (χ4n) is 2.49. The van der Waals surface area contributed by atoms with E-state index in [1.54, 1.807) is 23.1 Å². The maximum Gasteiger partial charge on any atom is 0.341 e. The Morgan fingerprint density at radius 1 is 1.35 bits per heavy atom. The van der Waals surface area contributed by atoms with Gasteiger partial charge in [0.1, 0.15) is 11.3 Å². The molecule has 1 saturated heterocycles. The van der Waals surface area contributed by atoms with E-state index in [2.05, 4.69) is 12.2 Å². The molecule has 0 radical (unpaired) electrons. The zero-order valence-corrected chi connectivity index (χ0v) is 13.8. The molecule has 1 aromatic carbocycles. The van der Waals surface area contributed by atoms with Crippen LogP contribution in [0.2, 0.25) is 0 Å². The summed E-state index contributed by atoms with van der Waals surface area (Å²) in [4.78, 5) is 25.5. The molecule has 1 aliphatic rings. The van der Waals surface area contributed by atoms with Crippen LogP contribution in [-0.2, 0) is 4.74 Å². The molecule has 0 bridgehead atoms. The highest BCUT2D eigenvalue weighted by atomic mass is 16.5. The van der Waals surface area contributed by atoms with Crippen LogP contribution < -0.4 is 15.0 Å². The SMILES string of the molecule is CCCCCOc1cc(N2CCCNC2=O)ccc1C(=O)OC. The number of hydrogen-bond donors (Lipinski definition) is 1. The Hall–Kier alpha value is -2.24. The summed E-state index contributed by atoms with van der Waals surface area (Å²) in [6.45, 7) is 4.00. The van der Waals surface area contributed by atoms with Crippen molar-refractivity contribution in [2.24, 2.45) is 0 Å². The molecule has 0 aliphatic carbocycles. The molecule has 0 unspecified atom stereocenters. The summed E-state index contributed by atoms with van der Waals surface area (Å²) in [6.07, 6.45) is 3.98. The van der Waals surface area contributed by atoms with Gasteiger partial charge >= 0.3 is 12.0 Å². The Balaban J connectivity index is 2.21. The Kier molecular flexibility index (Phi) is 6.26. The van der Waals surface area contributed by atoms with Gasteiger partial charge in [0.15, 0.2) is 0 Å². The summed E-state index contributed by atoms with van der Waals surface area (Å²) in [5.41, 5.74) is 1.10. The van der Waals surface area contributed by atoms with Crippen LogP contribution in [0.15, 0.2) is 18.2 Å². The molecule has 1 N–H and O–H groups in total. The molecule has 1 aromatic rings. The van der Waals surface area contributed by atoms with Crippen LogP contribution in [-0.4, -0.2) is 38.8 Å². The zero-order valence-electron chi connectivity index (χ0n) is 13.8. The molecule has 6 nitrogen and oxygen atoms in total. The van der Waals surface area contributed by atoms with Gasteiger partial charge in [-0.1, -0.05) is 19.8 Å². The van der Waals surface area contributed by atoms with Gasteiger partial charge in [-0.3, -0.25) is 4.90 Å². The Labute approximate surface area is 136 Å². The predicted octanol–water partition coefficient (Wildman–Crippen LogP) is 2.96. The van der Waals surface area contributed by atoms with Crippen LogP contribution in [0, 0.1) is 0 Å². The number of anilines is 1. The third kappa shape index (κ3) is 4.37. The van der Waals surface area contributed by atoms with Crippen LogP contribution in [0.25, 0.3) is 0 Å². The quantitative estimate of drug-likeness (QED) is 0.619. The summed E-state index contributed by atoms with van der Waals surface area (Å²) < 4.78 is 10.6. The molecule has 6 heteroatoms. The van der Waals surface area contributed by atoms with E-state index in [1.165, 1.54) is 7.11 Å². The molecule has 1 heterocycles. The molecule has 1 fully saturated rings. The number of hydrogen-bond acceptors (Lipinski definition) is 4. The van der Waals surface area contributed by atoms with Crippen molar-refractivity contribution in [3.8, 4) is 5.75 Å². The van der Waals surface area contributed by atoms with E-state index in [0.717, 1.165) is 31.4 Å². The fraction of sp³-hybridized carbons (Fsp3) is 0.529. The summed E-state index contributed by atoms with van der Waals surface area (Å²) in [5, 5.41) is 2.81. The average Bonchev–Trinajstić information content (AvgIpc) is 2.58. The molecule has 0 atom stereocenters. The van der Waals surface area contributed by atoms with Crippen LogP contribution in [0.4, 0.5) is 10.5 Å². The van der Waals surface area contributed by atoms with Gasteiger partial charge in [0.25, 0.3) is 0 Å². The van der Waals surface area contributed by atoms with E-state index >= 15 is 0 Å². The molecule has 2 amide bonds. The van der Waals surface area contributed by atoms with Gasteiger partial charge in [-0.2, -0.15) is 0 Å². The van der Waals surface area contributed by atoms with E-state index in [1.807, 2.05) is 0 Å². The second kappa shape index (κ2) is 8.41. The highest BCUT2D eigenvalue weighted by Gasteiger charge is 2.22. The van der Waals surface area contributed by atoms with Gasteiger partial charge in [0.2, 0.25) is 0 Å². The second-order valence-electron chi connectivity index (χ2n) is 5.46. The molecular weight excluding hydrogens is 296 g/mol. The van der Waals surface area contributed by atoms with Crippen molar-refractivity contribution in [2.75, 3.05) is 31.7 Å². The van der Waals surface area contributed by atoms with Crippen molar-refractivity contribution in [1.29, 1.82) is 0 Å². The molecule has 0 saturated carbocycles. The predicted molar refractivity (Wildman–Crippen MR) is 88.2 cm³/mol. The summed E-state index contributed by atoms with van der Waals surface area (Å²) in [5.74, 6) is 0.0222. The lowest BCUT2D eigenvalue weighted by atomic mass is 10.1. The number of esters is 1. The van der Waals surface area contributed by atoms with Crippen molar-refractivity contribution in [2.45, 2.75) is 32.6 Å². The van der Waals surface area contributed by atoms with Crippen molar-refractivity contribution < 1.29 is 19.1 Å². The lowest BCUT2D eigenvalue weighted by molar-refractivity contribution is 0.0596. The second-order valence-corrected chi connectivity index (χ2v) is 5.46. The minimum absolute atomic E-state index is 0.126. The molecule has 126 valence electrons. The minimum Gasteiger partial charge on any atom is -0.493 e. The fourth-order valence-corrected chi connectivity index (χ4v) is 2.49. The summed E-state index contributed by atoms with van der Waals surface area (Å²) >= 11 is 0. The largest absolute Gasteiger partial charge is 0.493 e. The first-order valence-corrected chi connectivity index (χ1v) is 8.08. The Morgan fingerprint density at radius 2 is 2.17 bits per heavy atom. The first kappa shape index (κ1) is 17.1. The number of rotatable bonds is 7. The van der Waals surface area contributed by atoms with Gasteiger partial charge in [-0.15, -0.1) is 0 Å². The standard InChI is InChI=1S/C17H24N2O4/c1-3-4-5-11-23-15-12-13(7-8-14(15)16(20)22-2)19-10-6-9-18-17(19)21/h7-8,12H,3-6,9-11H2,1-2H3,(H,18,21). The van der Waals surface area contributed by atoms with Crippen molar-refractivity contribution in [1.82, 2.24) is 5.32 Å². The monoisotopic (exact) mass is 320 g/mol. The van der Waals surface area contributed by atoms with Gasteiger partial charge in [0, 0.05) is 24.8 Å². The van der Waals surface area contributed by atoms with Gasteiger partial charge in [-0.25, -0.2) is 9.59 Å². The molecule has 23 heavy (non-hydrogen) atoms. The normalized spacial score (nSPS) is 14.3. The smallest absolute Gasteiger partial charge is 0.341 e. The number of urea groups is 1. The average molecular weight is 320 g/mol. The van der Waals surface area contributed by atoms with E-state index in [-0.39, 0.29) is 6.03 Å². The number of amides is 2. The van der Waals surface area contributed by atoms with Crippen LogP contribution >= 0.6 is 0 Å². The molecule has 0 aromatic heterocycles. The first-order valence-electron chi connectivity index (χ1n) is 8.08. The molecule has 1 aliphatic heterocycles. The number of carbonyl (C=O) groups is 2. The van der Waals surface area contributed by atoms with E-state index in [9.17, 15) is 9.59 Å². The minimum atomic E-state index is -0.440. The van der Waals surface area contributed by atoms with Crippen molar-refractivity contribution >= 4 is 17.7 Å². The molecule has 0 spiro atoms. The third-order valence-corrected chi connectivity index (χ3v) is 3.77. The Bertz CT molecular complexity index is 560. The number of carbonyl (C=O) groups excluding carboxylic acids is 2. The third-order valence-electron chi connectivity index (χ3n) is 3.77. The van der Waals surface area contributed by atoms with E-state index in [4.69, 9.17) is 9.47 Å².